The molecule has 1 aromatic carbocycles. The van der Waals surface area contributed by atoms with E-state index < -0.39 is 10.8 Å². The van der Waals surface area contributed by atoms with Gasteiger partial charge in [0.2, 0.25) is 0 Å². The van der Waals surface area contributed by atoms with Crippen LogP contribution >= 0.6 is 0 Å². The van der Waals surface area contributed by atoms with Crippen molar-refractivity contribution >= 4 is 21.7 Å². The molecule has 0 aliphatic heterocycles. The monoisotopic (exact) mass is 344 g/mol. The van der Waals surface area contributed by atoms with E-state index in [9.17, 15) is 4.21 Å². The van der Waals surface area contributed by atoms with Crippen molar-refractivity contribution in [1.82, 2.24) is 9.97 Å². The van der Waals surface area contributed by atoms with Crippen molar-refractivity contribution < 1.29 is 13.7 Å². The fraction of sp³-hybridized carbons (Fsp3) is 0.278. The number of fused-ring (bicyclic) bond motifs is 1. The smallest absolute Gasteiger partial charge is 0.128 e. The molecule has 1 N–H and O–H groups in total. The average Bonchev–Trinajstić information content (AvgIpc) is 3.01. The summed E-state index contributed by atoms with van der Waals surface area (Å²) in [6.07, 6.45) is 1.76. The number of H-pyrrole nitrogens is 1. The number of methoxy groups -OCH3 is 2. The predicted octanol–water partition coefficient (Wildman–Crippen LogP) is 3.50. The topological polar surface area (TPSA) is 64.2 Å². The van der Waals surface area contributed by atoms with Gasteiger partial charge in [-0.25, -0.2) is 0 Å². The summed E-state index contributed by atoms with van der Waals surface area (Å²) in [7, 11) is 2.05. The average molecular weight is 344 g/mol. The third-order valence-corrected chi connectivity index (χ3v) is 5.31. The zero-order valence-electron chi connectivity index (χ0n) is 14.2. The number of benzene rings is 1. The molecule has 0 amide bonds. The van der Waals surface area contributed by atoms with E-state index in [2.05, 4.69) is 9.97 Å². The van der Waals surface area contributed by atoms with Gasteiger partial charge in [0.25, 0.3) is 0 Å². The number of aryl methyl sites for hydroxylation is 1. The van der Waals surface area contributed by atoms with Crippen LogP contribution in [0.1, 0.15) is 16.8 Å². The quantitative estimate of drug-likeness (QED) is 0.769. The first-order valence-electron chi connectivity index (χ1n) is 7.57. The fourth-order valence-electron chi connectivity index (χ4n) is 2.75. The molecule has 0 saturated carbocycles. The number of aromatic amines is 1. The molecule has 0 aliphatic carbocycles. The summed E-state index contributed by atoms with van der Waals surface area (Å²) >= 11 is 0. The minimum atomic E-state index is -1.22. The Labute approximate surface area is 143 Å². The third kappa shape index (κ3) is 3.01. The van der Waals surface area contributed by atoms with Crippen LogP contribution in [0.2, 0.25) is 0 Å². The predicted molar refractivity (Wildman–Crippen MR) is 95.2 cm³/mol. The number of aromatic nitrogens is 2. The number of hydrogen-bond donors (Lipinski definition) is 1. The summed E-state index contributed by atoms with van der Waals surface area (Å²) < 4.78 is 23.4. The summed E-state index contributed by atoms with van der Waals surface area (Å²) in [6, 6.07) is 7.62. The second kappa shape index (κ2) is 6.65. The number of nitrogens with one attached hydrogen (secondary N) is 1. The highest BCUT2D eigenvalue weighted by atomic mass is 32.2. The summed E-state index contributed by atoms with van der Waals surface area (Å²) in [4.78, 5) is 7.64. The Morgan fingerprint density at radius 2 is 1.96 bits per heavy atom. The van der Waals surface area contributed by atoms with Gasteiger partial charge in [0.1, 0.15) is 16.5 Å². The molecule has 0 saturated heterocycles. The van der Waals surface area contributed by atoms with E-state index in [0.717, 1.165) is 39.2 Å². The van der Waals surface area contributed by atoms with Crippen LogP contribution in [0.4, 0.5) is 0 Å². The Balaban J connectivity index is 1.90. The highest BCUT2D eigenvalue weighted by molar-refractivity contribution is 7.84. The molecule has 3 aromatic rings. The van der Waals surface area contributed by atoms with Crippen LogP contribution in [0.5, 0.6) is 11.5 Å². The number of pyridine rings is 1. The zero-order chi connectivity index (χ0) is 17.3. The molecule has 0 unspecified atom stereocenters. The lowest BCUT2D eigenvalue weighted by Gasteiger charge is -2.11. The van der Waals surface area contributed by atoms with Crippen molar-refractivity contribution in [1.29, 1.82) is 0 Å². The Hall–Kier alpha value is -2.34. The van der Waals surface area contributed by atoms with Crippen LogP contribution in [0.3, 0.4) is 0 Å². The molecule has 0 radical (unpaired) electrons. The maximum atomic E-state index is 12.7. The van der Waals surface area contributed by atoms with Crippen LogP contribution in [-0.2, 0) is 16.6 Å². The Morgan fingerprint density at radius 1 is 1.17 bits per heavy atom. The molecule has 3 rings (SSSR count). The second-order valence-corrected chi connectivity index (χ2v) is 7.04. The Morgan fingerprint density at radius 3 is 2.67 bits per heavy atom. The van der Waals surface area contributed by atoms with E-state index >= 15 is 0 Å². The molecule has 1 atom stereocenters. The third-order valence-electron chi connectivity index (χ3n) is 4.07. The molecule has 126 valence electrons. The largest absolute Gasteiger partial charge is 0.497 e. The Bertz CT molecular complexity index is 918. The van der Waals surface area contributed by atoms with Crippen LogP contribution in [-0.4, -0.2) is 28.4 Å². The van der Waals surface area contributed by atoms with Gasteiger partial charge < -0.3 is 14.5 Å². The lowest BCUT2D eigenvalue weighted by atomic mass is 10.1. The lowest BCUT2D eigenvalue weighted by Crippen LogP contribution is -2.04. The van der Waals surface area contributed by atoms with Crippen LogP contribution in [0.15, 0.2) is 35.5 Å². The van der Waals surface area contributed by atoms with Crippen LogP contribution in [0, 0.1) is 13.8 Å². The molecule has 0 aliphatic rings. The van der Waals surface area contributed by atoms with Gasteiger partial charge in [-0.3, -0.25) is 9.19 Å². The van der Waals surface area contributed by atoms with Gasteiger partial charge in [0.15, 0.2) is 0 Å². The summed E-state index contributed by atoms with van der Waals surface area (Å²) in [6.45, 7) is 3.89. The van der Waals surface area contributed by atoms with Crippen molar-refractivity contribution in [2.75, 3.05) is 14.2 Å². The maximum Gasteiger partial charge on any atom is 0.128 e. The van der Waals surface area contributed by atoms with Crippen LogP contribution in [0.25, 0.3) is 10.9 Å². The van der Waals surface area contributed by atoms with Crippen molar-refractivity contribution in [3.63, 3.8) is 0 Å². The Kier molecular flexibility index (Phi) is 4.57. The number of nitrogens with zero attached hydrogens (tertiary/aromatic N) is 1. The van der Waals surface area contributed by atoms with E-state index in [1.807, 2.05) is 38.1 Å². The standard InChI is InChI=1S/C18H20N2O3S/c1-11-9-19-16(12(2)18(11)23-4)10-24(21)17-8-13-7-14(22-3)5-6-15(13)20-17/h5-9,20H,10H2,1-4H3/t24-/m1/s1. The molecular weight excluding hydrogens is 324 g/mol. The normalized spacial score (nSPS) is 12.3. The van der Waals surface area contributed by atoms with Crippen molar-refractivity contribution in [3.05, 3.63) is 47.3 Å². The van der Waals surface area contributed by atoms with E-state index in [0.29, 0.717) is 10.8 Å². The van der Waals surface area contributed by atoms with E-state index in [4.69, 9.17) is 9.47 Å². The fourth-order valence-corrected chi connectivity index (χ4v) is 3.93. The summed E-state index contributed by atoms with van der Waals surface area (Å²) in [5, 5.41) is 1.66. The molecule has 2 heterocycles. The first-order valence-corrected chi connectivity index (χ1v) is 8.89. The maximum absolute atomic E-state index is 12.7. The van der Waals surface area contributed by atoms with Gasteiger partial charge in [-0.15, -0.1) is 0 Å². The van der Waals surface area contributed by atoms with Gasteiger partial charge in [0.05, 0.1) is 36.5 Å². The minimum absolute atomic E-state index is 0.340. The number of rotatable bonds is 5. The highest BCUT2D eigenvalue weighted by Gasteiger charge is 2.15. The summed E-state index contributed by atoms with van der Waals surface area (Å²) in [5.41, 5.74) is 3.63. The number of hydrogen-bond acceptors (Lipinski definition) is 4. The van der Waals surface area contributed by atoms with Gasteiger partial charge in [0, 0.05) is 28.2 Å². The highest BCUT2D eigenvalue weighted by Crippen LogP contribution is 2.27. The van der Waals surface area contributed by atoms with E-state index in [1.54, 1.807) is 20.4 Å². The van der Waals surface area contributed by atoms with E-state index in [1.165, 1.54) is 0 Å². The molecular formula is C18H20N2O3S. The first kappa shape index (κ1) is 16.5. The molecule has 24 heavy (non-hydrogen) atoms. The van der Waals surface area contributed by atoms with Crippen molar-refractivity contribution in [2.45, 2.75) is 24.6 Å². The van der Waals surface area contributed by atoms with Gasteiger partial charge in [-0.2, -0.15) is 0 Å². The van der Waals surface area contributed by atoms with Crippen LogP contribution < -0.4 is 9.47 Å². The molecule has 0 fully saturated rings. The van der Waals surface area contributed by atoms with Gasteiger partial charge >= 0.3 is 0 Å². The van der Waals surface area contributed by atoms with Gasteiger partial charge in [-0.1, -0.05) is 0 Å². The van der Waals surface area contributed by atoms with E-state index in [-0.39, 0.29) is 0 Å². The van der Waals surface area contributed by atoms with Gasteiger partial charge in [-0.05, 0) is 38.1 Å². The molecule has 0 bridgehead atoms. The molecule has 6 heteroatoms. The summed E-state index contributed by atoms with van der Waals surface area (Å²) in [5.74, 6) is 1.92. The second-order valence-electron chi connectivity index (χ2n) is 5.62. The first-order chi connectivity index (χ1) is 11.5. The molecule has 0 spiro atoms. The van der Waals surface area contributed by atoms with Crippen molar-refractivity contribution in [2.24, 2.45) is 0 Å². The minimum Gasteiger partial charge on any atom is -0.497 e. The lowest BCUT2D eigenvalue weighted by molar-refractivity contribution is 0.407. The van der Waals surface area contributed by atoms with Crippen molar-refractivity contribution in [3.8, 4) is 11.5 Å². The molecule has 5 nitrogen and oxygen atoms in total. The SMILES string of the molecule is COc1ccc2[nH]c([S@](=O)Cc3ncc(C)c(OC)c3C)cc2c1. The number of ether oxygens (including phenoxy) is 2. The molecule has 2 aromatic heterocycles. The zero-order valence-corrected chi connectivity index (χ0v) is 15.0.